The van der Waals surface area contributed by atoms with Crippen LogP contribution in [0.25, 0.3) is 21.3 Å². The Morgan fingerprint density at radius 3 is 2.96 bits per heavy atom. The molecule has 0 radical (unpaired) electrons. The lowest BCUT2D eigenvalue weighted by Crippen LogP contribution is -2.13. The first kappa shape index (κ1) is 17.1. The Kier molecular flexibility index (Phi) is 4.71. The molecule has 4 rings (SSSR count). The van der Waals surface area contributed by atoms with Gasteiger partial charge in [0.2, 0.25) is 5.91 Å². The molecule has 0 aliphatic carbocycles. The smallest absolute Gasteiger partial charge is 0.236 e. The predicted octanol–water partition coefficient (Wildman–Crippen LogP) is 4.57. The molecule has 0 fully saturated rings. The molecular formula is C17H13ClN4O2S2. The Bertz CT molecular complexity index is 1110. The molecular weight excluding hydrogens is 392 g/mol. The number of H-pyrrole nitrogens is 1. The lowest BCUT2D eigenvalue weighted by Gasteiger charge is -1.99. The van der Waals surface area contributed by atoms with E-state index in [4.69, 9.17) is 16.3 Å². The van der Waals surface area contributed by atoms with Gasteiger partial charge in [0.1, 0.15) is 5.75 Å². The number of carbonyl (C=O) groups is 1. The number of benzene rings is 2. The van der Waals surface area contributed by atoms with Crippen molar-refractivity contribution in [3.8, 4) is 5.75 Å². The Morgan fingerprint density at radius 1 is 1.27 bits per heavy atom. The number of thiazole rings is 1. The highest BCUT2D eigenvalue weighted by Crippen LogP contribution is 2.29. The maximum atomic E-state index is 12.2. The number of halogens is 1. The van der Waals surface area contributed by atoms with Gasteiger partial charge in [0.25, 0.3) is 0 Å². The number of imidazole rings is 1. The third-order valence-corrected chi connectivity index (χ3v) is 5.65. The van der Waals surface area contributed by atoms with Crippen LogP contribution in [0.5, 0.6) is 5.75 Å². The zero-order valence-electron chi connectivity index (χ0n) is 13.6. The molecule has 0 aliphatic heterocycles. The van der Waals surface area contributed by atoms with Crippen molar-refractivity contribution in [2.75, 3.05) is 18.2 Å². The summed E-state index contributed by atoms with van der Waals surface area (Å²) in [6.45, 7) is 0. The number of nitrogens with zero attached hydrogens (tertiary/aromatic N) is 2. The van der Waals surface area contributed by atoms with Crippen LogP contribution in [0.1, 0.15) is 0 Å². The first-order chi connectivity index (χ1) is 12.6. The average Bonchev–Trinajstić information content (AvgIpc) is 3.21. The fourth-order valence-electron chi connectivity index (χ4n) is 2.40. The third-order valence-electron chi connectivity index (χ3n) is 3.60. The van der Waals surface area contributed by atoms with E-state index in [0.29, 0.717) is 15.3 Å². The van der Waals surface area contributed by atoms with Crippen molar-refractivity contribution in [1.29, 1.82) is 0 Å². The van der Waals surface area contributed by atoms with Gasteiger partial charge in [0, 0.05) is 5.02 Å². The maximum absolute atomic E-state index is 12.2. The van der Waals surface area contributed by atoms with Crippen molar-refractivity contribution in [3.05, 3.63) is 41.4 Å². The standard InChI is InChI=1S/C17H13ClN4O2S2/c1-24-10-3-5-12-14(7-10)26-17(20-12)22-15(23)8-25-16-19-11-4-2-9(18)6-13(11)21-16/h2-7H,8H2,1H3,(H,19,21)(H,20,22,23). The number of hydrogen-bond donors (Lipinski definition) is 2. The summed E-state index contributed by atoms with van der Waals surface area (Å²) in [7, 11) is 1.62. The molecule has 132 valence electrons. The van der Waals surface area contributed by atoms with Crippen molar-refractivity contribution >= 4 is 67.0 Å². The number of anilines is 1. The second kappa shape index (κ2) is 7.14. The van der Waals surface area contributed by atoms with Crippen molar-refractivity contribution < 1.29 is 9.53 Å². The van der Waals surface area contributed by atoms with E-state index in [1.165, 1.54) is 23.1 Å². The van der Waals surface area contributed by atoms with Crippen LogP contribution in [0.2, 0.25) is 5.02 Å². The number of nitrogens with one attached hydrogen (secondary N) is 2. The highest BCUT2D eigenvalue weighted by molar-refractivity contribution is 7.99. The second-order valence-corrected chi connectivity index (χ2v) is 7.82. The van der Waals surface area contributed by atoms with Gasteiger partial charge in [-0.25, -0.2) is 9.97 Å². The largest absolute Gasteiger partial charge is 0.497 e. The Labute approximate surface area is 161 Å². The molecule has 0 atom stereocenters. The van der Waals surface area contributed by atoms with Crippen LogP contribution in [0, 0.1) is 0 Å². The molecule has 0 saturated carbocycles. The lowest BCUT2D eigenvalue weighted by atomic mass is 10.3. The molecule has 2 N–H and O–H groups in total. The van der Waals surface area contributed by atoms with Gasteiger partial charge < -0.3 is 15.0 Å². The molecule has 2 heterocycles. The molecule has 2 aromatic carbocycles. The number of ether oxygens (including phenoxy) is 1. The fraction of sp³-hybridized carbons (Fsp3) is 0.118. The Hall–Kier alpha value is -2.29. The average molecular weight is 405 g/mol. The zero-order chi connectivity index (χ0) is 18.1. The van der Waals surface area contributed by atoms with E-state index in [2.05, 4.69) is 20.3 Å². The maximum Gasteiger partial charge on any atom is 0.236 e. The molecule has 0 aliphatic rings. The van der Waals surface area contributed by atoms with Gasteiger partial charge in [-0.15, -0.1) is 0 Å². The molecule has 6 nitrogen and oxygen atoms in total. The predicted molar refractivity (Wildman–Crippen MR) is 107 cm³/mol. The van der Waals surface area contributed by atoms with Gasteiger partial charge in [-0.3, -0.25) is 4.79 Å². The number of aromatic amines is 1. The quantitative estimate of drug-likeness (QED) is 0.476. The van der Waals surface area contributed by atoms with Crippen LogP contribution in [0.4, 0.5) is 5.13 Å². The molecule has 9 heteroatoms. The molecule has 4 aromatic rings. The van der Waals surface area contributed by atoms with E-state index in [9.17, 15) is 4.79 Å². The number of amides is 1. The third kappa shape index (κ3) is 3.62. The van der Waals surface area contributed by atoms with Gasteiger partial charge in [-0.2, -0.15) is 0 Å². The van der Waals surface area contributed by atoms with E-state index < -0.39 is 0 Å². The van der Waals surface area contributed by atoms with Gasteiger partial charge in [0.05, 0.1) is 34.1 Å². The lowest BCUT2D eigenvalue weighted by molar-refractivity contribution is -0.113. The molecule has 26 heavy (non-hydrogen) atoms. The summed E-state index contributed by atoms with van der Waals surface area (Å²) < 4.78 is 6.16. The zero-order valence-corrected chi connectivity index (χ0v) is 16.0. The SMILES string of the molecule is COc1ccc2nc(NC(=O)CSc3nc4ccc(Cl)cc4[nH]3)sc2c1. The number of carbonyl (C=O) groups excluding carboxylic acids is 1. The van der Waals surface area contributed by atoms with Crippen molar-refractivity contribution in [3.63, 3.8) is 0 Å². The highest BCUT2D eigenvalue weighted by Gasteiger charge is 2.11. The van der Waals surface area contributed by atoms with Crippen LogP contribution in [-0.4, -0.2) is 33.7 Å². The molecule has 0 spiro atoms. The van der Waals surface area contributed by atoms with Crippen molar-refractivity contribution in [2.24, 2.45) is 0 Å². The number of methoxy groups -OCH3 is 1. The Morgan fingerprint density at radius 2 is 2.12 bits per heavy atom. The number of aromatic nitrogens is 3. The normalized spacial score (nSPS) is 11.2. The summed E-state index contributed by atoms with van der Waals surface area (Å²) in [6.07, 6.45) is 0. The number of rotatable bonds is 5. The molecule has 1 amide bonds. The second-order valence-electron chi connectivity index (χ2n) is 5.39. The minimum atomic E-state index is -0.139. The summed E-state index contributed by atoms with van der Waals surface area (Å²) in [5, 5.41) is 4.71. The van der Waals surface area contributed by atoms with E-state index in [-0.39, 0.29) is 11.7 Å². The summed E-state index contributed by atoms with van der Waals surface area (Å²) in [4.78, 5) is 24.2. The fourth-order valence-corrected chi connectivity index (χ4v) is 4.17. The van der Waals surface area contributed by atoms with E-state index in [1.54, 1.807) is 13.2 Å². The summed E-state index contributed by atoms with van der Waals surface area (Å²) in [5.74, 6) is 0.853. The summed E-state index contributed by atoms with van der Waals surface area (Å²) in [6, 6.07) is 11.0. The van der Waals surface area contributed by atoms with Crippen LogP contribution >= 0.6 is 34.7 Å². The molecule has 2 aromatic heterocycles. The van der Waals surface area contributed by atoms with Crippen LogP contribution in [-0.2, 0) is 4.79 Å². The molecule has 0 unspecified atom stereocenters. The minimum Gasteiger partial charge on any atom is -0.497 e. The van der Waals surface area contributed by atoms with E-state index >= 15 is 0 Å². The Balaban J connectivity index is 1.41. The first-order valence-electron chi connectivity index (χ1n) is 7.63. The minimum absolute atomic E-state index is 0.139. The van der Waals surface area contributed by atoms with Crippen LogP contribution in [0.3, 0.4) is 0 Å². The number of fused-ring (bicyclic) bond motifs is 2. The molecule has 0 bridgehead atoms. The highest BCUT2D eigenvalue weighted by atomic mass is 35.5. The monoisotopic (exact) mass is 404 g/mol. The van der Waals surface area contributed by atoms with Gasteiger partial charge >= 0.3 is 0 Å². The van der Waals surface area contributed by atoms with Gasteiger partial charge in [-0.1, -0.05) is 34.7 Å². The van der Waals surface area contributed by atoms with Gasteiger partial charge in [-0.05, 0) is 36.4 Å². The van der Waals surface area contributed by atoms with Crippen LogP contribution < -0.4 is 10.1 Å². The molecule has 0 saturated heterocycles. The number of thioether (sulfide) groups is 1. The van der Waals surface area contributed by atoms with Crippen molar-refractivity contribution in [2.45, 2.75) is 5.16 Å². The van der Waals surface area contributed by atoms with E-state index in [0.717, 1.165) is 27.0 Å². The summed E-state index contributed by atoms with van der Waals surface area (Å²) >= 11 is 8.71. The number of hydrogen-bond acceptors (Lipinski definition) is 6. The summed E-state index contributed by atoms with van der Waals surface area (Å²) in [5.41, 5.74) is 2.49. The van der Waals surface area contributed by atoms with E-state index in [1.807, 2.05) is 30.3 Å². The topological polar surface area (TPSA) is 79.9 Å². The van der Waals surface area contributed by atoms with Crippen molar-refractivity contribution in [1.82, 2.24) is 15.0 Å². The first-order valence-corrected chi connectivity index (χ1v) is 9.81. The van der Waals surface area contributed by atoms with Crippen LogP contribution in [0.15, 0.2) is 41.6 Å². The van der Waals surface area contributed by atoms with Gasteiger partial charge in [0.15, 0.2) is 10.3 Å².